The second-order valence-electron chi connectivity index (χ2n) is 8.40. The van der Waals surface area contributed by atoms with Gasteiger partial charge in [0.1, 0.15) is 0 Å². The van der Waals surface area contributed by atoms with E-state index in [9.17, 15) is 14.4 Å². The number of aromatic nitrogens is 3. The van der Waals surface area contributed by atoms with Gasteiger partial charge in [-0.1, -0.05) is 6.07 Å². The number of ether oxygens (including phenoxy) is 1. The Kier molecular flexibility index (Phi) is 7.16. The Hall–Kier alpha value is -2.49. The predicted octanol–water partition coefficient (Wildman–Crippen LogP) is -0.0204. The number of nitrogens with one attached hydrogen (secondary N) is 2. The van der Waals surface area contributed by atoms with E-state index in [1.807, 2.05) is 6.07 Å². The van der Waals surface area contributed by atoms with Gasteiger partial charge in [0.05, 0.1) is 18.8 Å². The third-order valence-corrected chi connectivity index (χ3v) is 6.20. The zero-order valence-corrected chi connectivity index (χ0v) is 17.8. The van der Waals surface area contributed by atoms with Gasteiger partial charge in [0.25, 0.3) is 11.1 Å². The topological polar surface area (TPSA) is 101 Å². The second-order valence-corrected chi connectivity index (χ2v) is 8.40. The summed E-state index contributed by atoms with van der Waals surface area (Å²) in [5.41, 5.74) is -0.552. The number of H-pyrrole nitrogens is 1. The van der Waals surface area contributed by atoms with Gasteiger partial charge in [-0.25, -0.2) is 4.79 Å². The number of nitrogens with zero attached hydrogens (tertiary/aromatic N) is 3. The fraction of sp³-hybridized carbons (Fsp3) is 0.591. The summed E-state index contributed by atoms with van der Waals surface area (Å²) in [6.45, 7) is 5.61. The van der Waals surface area contributed by atoms with Crippen molar-refractivity contribution in [2.24, 2.45) is 0 Å². The van der Waals surface area contributed by atoms with Crippen molar-refractivity contribution in [3.63, 3.8) is 0 Å². The molecule has 2 fully saturated rings. The van der Waals surface area contributed by atoms with Crippen molar-refractivity contribution in [1.82, 2.24) is 24.3 Å². The molecule has 0 spiro atoms. The maximum Gasteiger partial charge on any atom is 0.328 e. The molecule has 4 rings (SSSR count). The maximum absolute atomic E-state index is 12.8. The molecule has 4 heterocycles. The Morgan fingerprint density at radius 2 is 1.65 bits per heavy atom. The van der Waals surface area contributed by atoms with Crippen LogP contribution in [0.1, 0.15) is 31.2 Å². The van der Waals surface area contributed by atoms with E-state index in [0.29, 0.717) is 24.3 Å². The Balaban J connectivity index is 1.29. The van der Waals surface area contributed by atoms with Crippen LogP contribution in [0.25, 0.3) is 0 Å². The van der Waals surface area contributed by atoms with E-state index >= 15 is 0 Å². The molecular weight excluding hydrogens is 398 g/mol. The SMILES string of the molecule is O=c1ccn(Cc2cccn(CCN3CCC(OC4CCNCC4)CC3)c2=O)c(=O)[nH]1. The molecule has 2 aromatic rings. The molecule has 2 aliphatic rings. The molecule has 0 unspecified atom stereocenters. The Labute approximate surface area is 180 Å². The van der Waals surface area contributed by atoms with E-state index in [1.54, 1.807) is 16.8 Å². The van der Waals surface area contributed by atoms with Gasteiger partial charge >= 0.3 is 5.69 Å². The minimum Gasteiger partial charge on any atom is -0.375 e. The Morgan fingerprint density at radius 1 is 0.903 bits per heavy atom. The van der Waals surface area contributed by atoms with Gasteiger partial charge in [-0.3, -0.25) is 19.1 Å². The molecule has 0 amide bonds. The molecule has 0 aliphatic carbocycles. The number of piperidine rings is 2. The molecule has 31 heavy (non-hydrogen) atoms. The van der Waals surface area contributed by atoms with Crippen LogP contribution in [-0.4, -0.2) is 63.9 Å². The summed E-state index contributed by atoms with van der Waals surface area (Å²) in [5, 5.41) is 3.37. The lowest BCUT2D eigenvalue weighted by molar-refractivity contribution is -0.0532. The first-order chi connectivity index (χ1) is 15.1. The first-order valence-electron chi connectivity index (χ1n) is 11.1. The van der Waals surface area contributed by atoms with Gasteiger partial charge in [0, 0.05) is 50.2 Å². The van der Waals surface area contributed by atoms with E-state index < -0.39 is 11.2 Å². The molecule has 0 saturated carbocycles. The van der Waals surface area contributed by atoms with Crippen molar-refractivity contribution in [2.45, 2.75) is 51.0 Å². The predicted molar refractivity (Wildman–Crippen MR) is 118 cm³/mol. The standard InChI is InChI=1S/C22H31N5O4/c28-20-7-13-27(22(30)24-20)16-17-2-1-10-26(21(17)29)15-14-25-11-5-19(6-12-25)31-18-3-8-23-9-4-18/h1-2,7,10,13,18-19,23H,3-6,8-9,11-12,14-16H2,(H,24,28,30). The molecule has 168 valence electrons. The van der Waals surface area contributed by atoms with Crippen LogP contribution in [0.2, 0.25) is 0 Å². The van der Waals surface area contributed by atoms with Gasteiger partial charge in [-0.15, -0.1) is 0 Å². The zero-order valence-electron chi connectivity index (χ0n) is 17.8. The smallest absolute Gasteiger partial charge is 0.328 e. The molecule has 0 atom stereocenters. The van der Waals surface area contributed by atoms with E-state index in [-0.39, 0.29) is 12.1 Å². The molecule has 0 bridgehead atoms. The van der Waals surface area contributed by atoms with E-state index in [4.69, 9.17) is 4.74 Å². The third kappa shape index (κ3) is 5.81. The summed E-state index contributed by atoms with van der Waals surface area (Å²) in [6, 6.07) is 4.83. The number of rotatable bonds is 7. The minimum absolute atomic E-state index is 0.107. The number of likely N-dealkylation sites (tertiary alicyclic amines) is 1. The normalized spacial score (nSPS) is 19.0. The van der Waals surface area contributed by atoms with Gasteiger partial charge in [-0.05, 0) is 44.8 Å². The number of hydrogen-bond donors (Lipinski definition) is 2. The highest BCUT2D eigenvalue weighted by molar-refractivity contribution is 5.11. The van der Waals surface area contributed by atoms with E-state index in [0.717, 1.165) is 58.4 Å². The van der Waals surface area contributed by atoms with Crippen LogP contribution < -0.4 is 22.1 Å². The lowest BCUT2D eigenvalue weighted by atomic mass is 10.1. The molecular formula is C22H31N5O4. The highest BCUT2D eigenvalue weighted by Gasteiger charge is 2.23. The summed E-state index contributed by atoms with van der Waals surface area (Å²) >= 11 is 0. The van der Waals surface area contributed by atoms with Crippen molar-refractivity contribution in [2.75, 3.05) is 32.7 Å². The molecule has 9 nitrogen and oxygen atoms in total. The Bertz CT molecular complexity index is 1030. The van der Waals surface area contributed by atoms with E-state index in [2.05, 4.69) is 15.2 Å². The van der Waals surface area contributed by atoms with Crippen molar-refractivity contribution >= 4 is 0 Å². The van der Waals surface area contributed by atoms with Crippen molar-refractivity contribution < 1.29 is 4.74 Å². The van der Waals surface area contributed by atoms with E-state index in [1.165, 1.54) is 16.8 Å². The summed E-state index contributed by atoms with van der Waals surface area (Å²) in [4.78, 5) is 40.6. The lowest BCUT2D eigenvalue weighted by Crippen LogP contribution is -2.42. The molecule has 2 N–H and O–H groups in total. The van der Waals surface area contributed by atoms with Crippen LogP contribution in [-0.2, 0) is 17.8 Å². The van der Waals surface area contributed by atoms with Gasteiger partial charge in [-0.2, -0.15) is 0 Å². The van der Waals surface area contributed by atoms with Crippen LogP contribution >= 0.6 is 0 Å². The summed E-state index contributed by atoms with van der Waals surface area (Å²) in [7, 11) is 0. The minimum atomic E-state index is -0.517. The fourth-order valence-electron chi connectivity index (χ4n) is 4.36. The summed E-state index contributed by atoms with van der Waals surface area (Å²) < 4.78 is 9.31. The van der Waals surface area contributed by atoms with Gasteiger partial charge in [0.2, 0.25) is 0 Å². The Morgan fingerprint density at radius 3 is 2.39 bits per heavy atom. The van der Waals surface area contributed by atoms with Crippen LogP contribution in [0.3, 0.4) is 0 Å². The number of pyridine rings is 1. The molecule has 2 aliphatic heterocycles. The fourth-order valence-corrected chi connectivity index (χ4v) is 4.36. The second kappa shape index (κ2) is 10.2. The third-order valence-electron chi connectivity index (χ3n) is 6.20. The van der Waals surface area contributed by atoms with Crippen molar-refractivity contribution in [3.8, 4) is 0 Å². The molecule has 0 radical (unpaired) electrons. The molecule has 2 aromatic heterocycles. The first-order valence-corrected chi connectivity index (χ1v) is 11.1. The highest BCUT2D eigenvalue weighted by Crippen LogP contribution is 2.18. The average molecular weight is 430 g/mol. The highest BCUT2D eigenvalue weighted by atomic mass is 16.5. The average Bonchev–Trinajstić information content (AvgIpc) is 2.78. The monoisotopic (exact) mass is 429 g/mol. The summed E-state index contributed by atoms with van der Waals surface area (Å²) in [5.74, 6) is 0. The van der Waals surface area contributed by atoms with Crippen LogP contribution in [0, 0.1) is 0 Å². The van der Waals surface area contributed by atoms with Crippen LogP contribution in [0.15, 0.2) is 45.0 Å². The van der Waals surface area contributed by atoms with Crippen LogP contribution in [0.5, 0.6) is 0 Å². The zero-order chi connectivity index (χ0) is 21.6. The quantitative estimate of drug-likeness (QED) is 0.642. The largest absolute Gasteiger partial charge is 0.375 e. The maximum atomic E-state index is 12.8. The van der Waals surface area contributed by atoms with Crippen molar-refractivity contribution in [1.29, 1.82) is 0 Å². The van der Waals surface area contributed by atoms with Crippen molar-refractivity contribution in [3.05, 3.63) is 67.3 Å². The number of aromatic amines is 1. The summed E-state index contributed by atoms with van der Waals surface area (Å²) in [6.07, 6.45) is 8.22. The lowest BCUT2D eigenvalue weighted by Gasteiger charge is -2.35. The molecule has 9 heteroatoms. The van der Waals surface area contributed by atoms with Gasteiger partial charge in [0.15, 0.2) is 0 Å². The van der Waals surface area contributed by atoms with Gasteiger partial charge < -0.3 is 19.5 Å². The number of hydrogen-bond acceptors (Lipinski definition) is 6. The first kappa shape index (κ1) is 21.7. The molecule has 2 saturated heterocycles. The molecule has 0 aromatic carbocycles. The van der Waals surface area contributed by atoms with Crippen LogP contribution in [0.4, 0.5) is 0 Å².